The number of rotatable bonds is 12. The molecule has 0 fully saturated rings. The maximum absolute atomic E-state index is 13.7. The van der Waals surface area contributed by atoms with Crippen molar-refractivity contribution in [1.82, 2.24) is 15.6 Å². The normalized spacial score (nSPS) is 13.2. The fraction of sp³-hybridized carbons (Fsp3) is 0.400. The van der Waals surface area contributed by atoms with Crippen molar-refractivity contribution >= 4 is 5.91 Å². The Labute approximate surface area is 236 Å². The molecule has 0 aliphatic rings. The van der Waals surface area contributed by atoms with E-state index in [-0.39, 0.29) is 18.7 Å². The van der Waals surface area contributed by atoms with E-state index in [1.807, 2.05) is 13.8 Å². The van der Waals surface area contributed by atoms with Gasteiger partial charge in [-0.3, -0.25) is 19.5 Å². The van der Waals surface area contributed by atoms with Crippen molar-refractivity contribution in [1.29, 1.82) is 0 Å². The Morgan fingerprint density at radius 3 is 2.05 bits per heavy atom. The molecule has 0 saturated heterocycles. The van der Waals surface area contributed by atoms with Crippen molar-refractivity contribution in [3.05, 3.63) is 89.7 Å². The van der Waals surface area contributed by atoms with Crippen molar-refractivity contribution < 1.29 is 35.9 Å². The van der Waals surface area contributed by atoms with Crippen molar-refractivity contribution in [2.75, 3.05) is 6.67 Å². The second-order valence-electron chi connectivity index (χ2n) is 9.32. The number of aromatic nitrogens is 1. The minimum Gasteiger partial charge on any atom is -0.348 e. The number of nitrogens with zero attached hydrogens (tertiary/aromatic N) is 1. The minimum atomic E-state index is -4.56. The Kier molecular flexibility index (Phi) is 12.8. The summed E-state index contributed by atoms with van der Waals surface area (Å²) in [6, 6.07) is 16.2. The Balaban J connectivity index is 0.00000287. The Bertz CT molecular complexity index is 1190. The number of hydrogen-bond acceptors (Lipinski definition) is 4. The molecule has 0 aliphatic carbocycles. The van der Waals surface area contributed by atoms with Crippen molar-refractivity contribution in [2.24, 2.45) is 0 Å². The molecule has 0 spiro atoms. The SMILES string of the molecule is CC.CC(C)(NC(=O)C(F)F)OC(CCF)c1ccc(-c2ccc(C(NCc3ccccc3)C(F)(F)F)nc2)cc1. The van der Waals surface area contributed by atoms with Gasteiger partial charge in [0.15, 0.2) is 0 Å². The van der Waals surface area contributed by atoms with Gasteiger partial charge in [-0.1, -0.05) is 74.5 Å². The van der Waals surface area contributed by atoms with E-state index in [4.69, 9.17) is 4.74 Å². The molecule has 2 N–H and O–H groups in total. The standard InChI is InChI=1S/C28H29F6N3O2.C2H6/c1-27(2,37-26(38)25(30)31)39-23(14-15-29)20-10-8-19(9-11-20)21-12-13-22(35-17-21)24(28(32,33)34)36-16-18-6-4-3-5-7-18;1-2/h3-13,17,23-25,36H,14-16H2,1-2H3,(H,37,38);1-2H3. The molecular formula is C30H35F6N3O2. The quantitative estimate of drug-likeness (QED) is 0.169. The number of benzene rings is 2. The van der Waals surface area contributed by atoms with E-state index in [9.17, 15) is 31.1 Å². The van der Waals surface area contributed by atoms with Crippen molar-refractivity contribution in [2.45, 2.75) is 71.1 Å². The zero-order chi connectivity index (χ0) is 30.6. The van der Waals surface area contributed by atoms with Crippen molar-refractivity contribution in [3.63, 3.8) is 0 Å². The molecule has 3 aromatic rings. The van der Waals surface area contributed by atoms with Gasteiger partial charge in [-0.05, 0) is 36.6 Å². The number of amides is 1. The first-order valence-corrected chi connectivity index (χ1v) is 13.1. The Morgan fingerprint density at radius 1 is 0.927 bits per heavy atom. The Morgan fingerprint density at radius 2 is 1.54 bits per heavy atom. The van der Waals surface area contributed by atoms with Crippen LogP contribution >= 0.6 is 0 Å². The predicted molar refractivity (Wildman–Crippen MR) is 146 cm³/mol. The van der Waals surface area contributed by atoms with Gasteiger partial charge in [0.05, 0.1) is 18.5 Å². The van der Waals surface area contributed by atoms with Crippen LogP contribution < -0.4 is 10.6 Å². The van der Waals surface area contributed by atoms with Crippen LogP contribution in [0.4, 0.5) is 26.3 Å². The number of nitrogens with one attached hydrogen (secondary N) is 2. The van der Waals surface area contributed by atoms with Crippen molar-refractivity contribution in [3.8, 4) is 11.1 Å². The number of pyridine rings is 1. The van der Waals surface area contributed by atoms with Crippen LogP contribution in [-0.2, 0) is 16.1 Å². The molecule has 1 aromatic heterocycles. The molecule has 0 bridgehead atoms. The molecule has 224 valence electrons. The van der Waals surface area contributed by atoms with Gasteiger partial charge in [0.25, 0.3) is 5.91 Å². The third-order valence-electron chi connectivity index (χ3n) is 5.81. The fourth-order valence-electron chi connectivity index (χ4n) is 3.97. The predicted octanol–water partition coefficient (Wildman–Crippen LogP) is 7.70. The molecule has 2 atom stereocenters. The molecule has 1 amide bonds. The lowest BCUT2D eigenvalue weighted by atomic mass is 10.0. The highest BCUT2D eigenvalue weighted by atomic mass is 19.4. The zero-order valence-electron chi connectivity index (χ0n) is 23.3. The van der Waals surface area contributed by atoms with Crippen LogP contribution in [-0.4, -0.2) is 35.9 Å². The highest BCUT2D eigenvalue weighted by molar-refractivity contribution is 5.79. The van der Waals surface area contributed by atoms with E-state index < -0.39 is 43.1 Å². The third kappa shape index (κ3) is 10.5. The summed E-state index contributed by atoms with van der Waals surface area (Å²) >= 11 is 0. The molecule has 3 rings (SSSR count). The number of hydrogen-bond donors (Lipinski definition) is 2. The second-order valence-corrected chi connectivity index (χ2v) is 9.32. The van der Waals surface area contributed by atoms with Gasteiger partial charge < -0.3 is 10.1 Å². The van der Waals surface area contributed by atoms with E-state index in [2.05, 4.69) is 15.6 Å². The number of ether oxygens (including phenoxy) is 1. The van der Waals surface area contributed by atoms with Gasteiger partial charge in [-0.15, -0.1) is 0 Å². The smallest absolute Gasteiger partial charge is 0.348 e. The fourth-order valence-corrected chi connectivity index (χ4v) is 3.97. The van der Waals surface area contributed by atoms with E-state index in [1.54, 1.807) is 54.6 Å². The van der Waals surface area contributed by atoms with Crippen LogP contribution in [0, 0.1) is 0 Å². The molecular weight excluding hydrogens is 548 g/mol. The summed E-state index contributed by atoms with van der Waals surface area (Å²) in [5.74, 6) is -1.51. The second kappa shape index (κ2) is 15.5. The largest absolute Gasteiger partial charge is 0.409 e. The zero-order valence-corrected chi connectivity index (χ0v) is 23.3. The minimum absolute atomic E-state index is 0.0145. The van der Waals surface area contributed by atoms with Crippen LogP contribution in [0.3, 0.4) is 0 Å². The monoisotopic (exact) mass is 583 g/mol. The van der Waals surface area contributed by atoms with Gasteiger partial charge in [0.1, 0.15) is 11.8 Å². The summed E-state index contributed by atoms with van der Waals surface area (Å²) in [4.78, 5) is 15.4. The molecule has 2 unspecified atom stereocenters. The first-order valence-electron chi connectivity index (χ1n) is 13.1. The summed E-state index contributed by atoms with van der Waals surface area (Å²) in [6.07, 6.45) is -7.37. The summed E-state index contributed by atoms with van der Waals surface area (Å²) in [7, 11) is 0. The summed E-state index contributed by atoms with van der Waals surface area (Å²) in [6.45, 7) is 6.02. The molecule has 11 heteroatoms. The first kappa shape index (κ1) is 33.8. The Hall–Kier alpha value is -3.44. The molecule has 41 heavy (non-hydrogen) atoms. The van der Waals surface area contributed by atoms with E-state index in [0.29, 0.717) is 22.3 Å². The van der Waals surface area contributed by atoms with Gasteiger partial charge in [-0.25, -0.2) is 0 Å². The lowest BCUT2D eigenvalue weighted by Crippen LogP contribution is -2.48. The van der Waals surface area contributed by atoms with Gasteiger partial charge in [-0.2, -0.15) is 22.0 Å². The highest BCUT2D eigenvalue weighted by Gasteiger charge is 2.41. The van der Waals surface area contributed by atoms with E-state index in [0.717, 1.165) is 0 Å². The average molecular weight is 584 g/mol. The summed E-state index contributed by atoms with van der Waals surface area (Å²) in [5.41, 5.74) is 0.767. The molecule has 0 aliphatic heterocycles. The van der Waals surface area contributed by atoms with Gasteiger partial charge in [0, 0.05) is 24.7 Å². The maximum atomic E-state index is 13.7. The maximum Gasteiger partial charge on any atom is 0.409 e. The van der Waals surface area contributed by atoms with Crippen LogP contribution in [0.1, 0.15) is 63.1 Å². The summed E-state index contributed by atoms with van der Waals surface area (Å²) < 4.78 is 85.4. The third-order valence-corrected chi connectivity index (χ3v) is 5.81. The number of halogens is 6. The average Bonchev–Trinajstić information content (AvgIpc) is 2.94. The van der Waals surface area contributed by atoms with Gasteiger partial charge in [0.2, 0.25) is 0 Å². The number of carbonyl (C=O) groups excluding carboxylic acids is 1. The molecule has 1 heterocycles. The molecule has 0 saturated carbocycles. The van der Waals surface area contributed by atoms with Crippen LogP contribution in [0.15, 0.2) is 72.9 Å². The topological polar surface area (TPSA) is 63.2 Å². The molecule has 0 radical (unpaired) electrons. The van der Waals surface area contributed by atoms with Crippen LogP contribution in [0.5, 0.6) is 0 Å². The number of alkyl halides is 6. The highest BCUT2D eigenvalue weighted by Crippen LogP contribution is 2.33. The summed E-state index contributed by atoms with van der Waals surface area (Å²) in [5, 5.41) is 4.59. The molecule has 5 nitrogen and oxygen atoms in total. The first-order chi connectivity index (χ1) is 19.4. The lowest BCUT2D eigenvalue weighted by molar-refractivity contribution is -0.159. The van der Waals surface area contributed by atoms with Crippen LogP contribution in [0.2, 0.25) is 0 Å². The number of carbonyl (C=O) groups is 1. The van der Waals surface area contributed by atoms with Gasteiger partial charge >= 0.3 is 12.6 Å². The molecule has 2 aromatic carbocycles. The van der Waals surface area contributed by atoms with Crippen LogP contribution in [0.25, 0.3) is 11.1 Å². The lowest BCUT2D eigenvalue weighted by Gasteiger charge is -2.31. The van der Waals surface area contributed by atoms with E-state index >= 15 is 0 Å². The van der Waals surface area contributed by atoms with E-state index in [1.165, 1.54) is 32.2 Å².